The van der Waals surface area contributed by atoms with Crippen LogP contribution in [0.5, 0.6) is 5.75 Å². The number of benzene rings is 2. The van der Waals surface area contributed by atoms with Crippen LogP contribution in [0.25, 0.3) is 0 Å². The van der Waals surface area contributed by atoms with Gasteiger partial charge in [0.15, 0.2) is 0 Å². The third-order valence-corrected chi connectivity index (χ3v) is 3.51. The van der Waals surface area contributed by atoms with Crippen molar-refractivity contribution in [3.63, 3.8) is 0 Å². The molecule has 0 aliphatic heterocycles. The van der Waals surface area contributed by atoms with E-state index in [1.54, 1.807) is 0 Å². The fraction of sp³-hybridized carbons (Fsp3) is 0.235. The highest BCUT2D eigenvalue weighted by Crippen LogP contribution is 2.21. The van der Waals surface area contributed by atoms with Gasteiger partial charge in [-0.25, -0.2) is 0 Å². The highest BCUT2D eigenvalue weighted by molar-refractivity contribution is 9.10. The standard InChI is InChI=1S/C17H19BrN2O2/c1-12(2)22-14-9-7-13(8-10-14)20-17(21)11-19-16-6-4-3-5-15(16)18/h3-10,12,19H,11H2,1-2H3,(H,20,21). The molecule has 0 heterocycles. The summed E-state index contributed by atoms with van der Waals surface area (Å²) in [6.07, 6.45) is 0.133. The lowest BCUT2D eigenvalue weighted by Crippen LogP contribution is -2.21. The smallest absolute Gasteiger partial charge is 0.243 e. The van der Waals surface area contributed by atoms with Crippen molar-refractivity contribution >= 4 is 33.2 Å². The maximum Gasteiger partial charge on any atom is 0.243 e. The fourth-order valence-corrected chi connectivity index (χ4v) is 2.30. The fourth-order valence-electron chi connectivity index (χ4n) is 1.87. The Bertz CT molecular complexity index is 627. The zero-order chi connectivity index (χ0) is 15.9. The first-order valence-electron chi connectivity index (χ1n) is 7.09. The van der Waals surface area contributed by atoms with Gasteiger partial charge in [0.1, 0.15) is 5.75 Å². The first kappa shape index (κ1) is 16.4. The van der Waals surface area contributed by atoms with Gasteiger partial charge in [-0.2, -0.15) is 0 Å². The zero-order valence-corrected chi connectivity index (χ0v) is 14.2. The molecule has 0 saturated heterocycles. The average molecular weight is 363 g/mol. The maximum absolute atomic E-state index is 11.9. The Morgan fingerprint density at radius 2 is 1.82 bits per heavy atom. The first-order chi connectivity index (χ1) is 10.5. The van der Waals surface area contributed by atoms with E-state index in [4.69, 9.17) is 4.74 Å². The molecule has 0 bridgehead atoms. The highest BCUT2D eigenvalue weighted by atomic mass is 79.9. The Hall–Kier alpha value is -2.01. The van der Waals surface area contributed by atoms with Gasteiger partial charge in [-0.15, -0.1) is 0 Å². The van der Waals surface area contributed by atoms with Gasteiger partial charge in [-0.1, -0.05) is 12.1 Å². The van der Waals surface area contributed by atoms with Crippen molar-refractivity contribution in [2.75, 3.05) is 17.2 Å². The molecule has 0 radical (unpaired) electrons. The predicted octanol–water partition coefficient (Wildman–Crippen LogP) is 4.29. The topological polar surface area (TPSA) is 50.4 Å². The number of para-hydroxylation sites is 1. The molecule has 2 N–H and O–H groups in total. The van der Waals surface area contributed by atoms with Crippen molar-refractivity contribution in [2.45, 2.75) is 20.0 Å². The molecule has 0 aliphatic rings. The number of carbonyl (C=O) groups is 1. The molecular weight excluding hydrogens is 344 g/mol. The Morgan fingerprint density at radius 3 is 2.45 bits per heavy atom. The molecule has 0 spiro atoms. The number of amides is 1. The van der Waals surface area contributed by atoms with E-state index < -0.39 is 0 Å². The largest absolute Gasteiger partial charge is 0.491 e. The van der Waals surface area contributed by atoms with Crippen LogP contribution < -0.4 is 15.4 Å². The zero-order valence-electron chi connectivity index (χ0n) is 12.6. The Morgan fingerprint density at radius 1 is 1.14 bits per heavy atom. The van der Waals surface area contributed by atoms with E-state index in [1.807, 2.05) is 62.4 Å². The number of halogens is 1. The third-order valence-electron chi connectivity index (χ3n) is 2.82. The number of carbonyl (C=O) groups excluding carboxylic acids is 1. The number of rotatable bonds is 6. The number of hydrogen-bond acceptors (Lipinski definition) is 3. The molecule has 2 aromatic carbocycles. The Balaban J connectivity index is 1.85. The summed E-state index contributed by atoms with van der Waals surface area (Å²) in [5.74, 6) is 0.688. The van der Waals surface area contributed by atoms with Gasteiger partial charge >= 0.3 is 0 Å². The molecule has 0 saturated carbocycles. The van der Waals surface area contributed by atoms with Crippen LogP contribution in [-0.4, -0.2) is 18.6 Å². The van der Waals surface area contributed by atoms with E-state index in [1.165, 1.54) is 0 Å². The molecule has 4 nitrogen and oxygen atoms in total. The lowest BCUT2D eigenvalue weighted by atomic mass is 10.3. The maximum atomic E-state index is 11.9. The summed E-state index contributed by atoms with van der Waals surface area (Å²) in [5, 5.41) is 5.93. The second-order valence-corrected chi connectivity index (χ2v) is 5.93. The van der Waals surface area contributed by atoms with Crippen molar-refractivity contribution < 1.29 is 9.53 Å². The van der Waals surface area contributed by atoms with Crippen molar-refractivity contribution in [2.24, 2.45) is 0 Å². The van der Waals surface area contributed by atoms with E-state index in [2.05, 4.69) is 26.6 Å². The minimum Gasteiger partial charge on any atom is -0.491 e. The van der Waals surface area contributed by atoms with Gasteiger partial charge in [0.25, 0.3) is 0 Å². The second kappa shape index (κ2) is 7.84. The molecule has 0 aliphatic carbocycles. The van der Waals surface area contributed by atoms with Crippen LogP contribution in [0.1, 0.15) is 13.8 Å². The molecule has 0 unspecified atom stereocenters. The number of hydrogen-bond donors (Lipinski definition) is 2. The molecule has 22 heavy (non-hydrogen) atoms. The summed E-state index contributed by atoms with van der Waals surface area (Å²) in [6, 6.07) is 15.0. The number of nitrogens with one attached hydrogen (secondary N) is 2. The second-order valence-electron chi connectivity index (χ2n) is 5.07. The Labute approximate surface area is 139 Å². The first-order valence-corrected chi connectivity index (χ1v) is 7.89. The monoisotopic (exact) mass is 362 g/mol. The van der Waals surface area contributed by atoms with Gasteiger partial charge in [0.2, 0.25) is 5.91 Å². The van der Waals surface area contributed by atoms with Gasteiger partial charge in [-0.05, 0) is 66.2 Å². The van der Waals surface area contributed by atoms with Crippen molar-refractivity contribution in [1.29, 1.82) is 0 Å². The molecule has 0 fully saturated rings. The van der Waals surface area contributed by atoms with Crippen LogP contribution in [0.2, 0.25) is 0 Å². The summed E-state index contributed by atoms with van der Waals surface area (Å²) in [4.78, 5) is 11.9. The van der Waals surface area contributed by atoms with Gasteiger partial charge in [-0.3, -0.25) is 4.79 Å². The minimum absolute atomic E-state index is 0.103. The highest BCUT2D eigenvalue weighted by Gasteiger charge is 2.04. The van der Waals surface area contributed by atoms with E-state index in [0.717, 1.165) is 21.6 Å². The van der Waals surface area contributed by atoms with Gasteiger partial charge in [0.05, 0.1) is 12.6 Å². The average Bonchev–Trinajstić information content (AvgIpc) is 2.48. The normalized spacial score (nSPS) is 10.4. The summed E-state index contributed by atoms with van der Waals surface area (Å²) >= 11 is 3.43. The summed E-state index contributed by atoms with van der Waals surface area (Å²) in [6.45, 7) is 4.15. The third kappa shape index (κ3) is 5.07. The Kier molecular flexibility index (Phi) is 5.83. The van der Waals surface area contributed by atoms with Crippen LogP contribution in [0.4, 0.5) is 11.4 Å². The van der Waals surface area contributed by atoms with Crippen LogP contribution in [0, 0.1) is 0 Å². The molecule has 5 heteroatoms. The molecule has 2 rings (SSSR count). The molecule has 1 amide bonds. The SMILES string of the molecule is CC(C)Oc1ccc(NC(=O)CNc2ccccc2Br)cc1. The van der Waals surface area contributed by atoms with Gasteiger partial charge < -0.3 is 15.4 Å². The summed E-state index contributed by atoms with van der Waals surface area (Å²) in [5.41, 5.74) is 1.63. The van der Waals surface area contributed by atoms with Crippen molar-refractivity contribution in [3.05, 3.63) is 53.0 Å². The van der Waals surface area contributed by atoms with Gasteiger partial charge in [0, 0.05) is 15.8 Å². The number of ether oxygens (including phenoxy) is 1. The lowest BCUT2D eigenvalue weighted by Gasteiger charge is -2.11. The molecule has 0 aromatic heterocycles. The lowest BCUT2D eigenvalue weighted by molar-refractivity contribution is -0.114. The molecule has 0 atom stereocenters. The number of anilines is 2. The van der Waals surface area contributed by atoms with Crippen molar-refractivity contribution in [1.82, 2.24) is 0 Å². The van der Waals surface area contributed by atoms with Crippen LogP contribution in [-0.2, 0) is 4.79 Å². The van der Waals surface area contributed by atoms with Crippen LogP contribution in [0.3, 0.4) is 0 Å². The minimum atomic E-state index is -0.103. The van der Waals surface area contributed by atoms with E-state index in [0.29, 0.717) is 0 Å². The quantitative estimate of drug-likeness (QED) is 0.805. The summed E-state index contributed by atoms with van der Waals surface area (Å²) < 4.78 is 6.49. The molecule has 116 valence electrons. The van der Waals surface area contributed by atoms with Crippen LogP contribution in [0.15, 0.2) is 53.0 Å². The van der Waals surface area contributed by atoms with E-state index in [9.17, 15) is 4.79 Å². The summed E-state index contributed by atoms with van der Waals surface area (Å²) in [7, 11) is 0. The van der Waals surface area contributed by atoms with Crippen molar-refractivity contribution in [3.8, 4) is 5.75 Å². The van der Waals surface area contributed by atoms with Crippen LogP contribution >= 0.6 is 15.9 Å². The molecule has 2 aromatic rings. The van der Waals surface area contributed by atoms with E-state index in [-0.39, 0.29) is 18.6 Å². The molecular formula is C17H19BrN2O2. The predicted molar refractivity (Wildman–Crippen MR) is 93.5 cm³/mol. The van der Waals surface area contributed by atoms with E-state index >= 15 is 0 Å².